The summed E-state index contributed by atoms with van der Waals surface area (Å²) < 4.78 is 0. The lowest BCUT2D eigenvalue weighted by Gasteiger charge is -2.12. The van der Waals surface area contributed by atoms with Crippen LogP contribution in [0, 0.1) is 0 Å². The molecule has 2 nitrogen and oxygen atoms in total. The molecule has 0 radical (unpaired) electrons. The van der Waals surface area contributed by atoms with E-state index in [4.69, 9.17) is 5.73 Å². The molecule has 3 heteroatoms. The number of halogens is 1. The van der Waals surface area contributed by atoms with E-state index in [1.54, 1.807) is 0 Å². The van der Waals surface area contributed by atoms with Crippen molar-refractivity contribution in [1.29, 1.82) is 0 Å². The molecule has 0 atom stereocenters. The fourth-order valence-corrected chi connectivity index (χ4v) is 2.91. The van der Waals surface area contributed by atoms with Crippen LogP contribution in [0.3, 0.4) is 0 Å². The third-order valence-electron chi connectivity index (χ3n) is 3.99. The van der Waals surface area contributed by atoms with Gasteiger partial charge >= 0.3 is 0 Å². The standard InChI is InChI=1S/C19H22N2.ClH/c20-11-5-6-12-21-14-19-17-9-3-1-7-15(17)13-16-8-2-4-10-18(16)19;/h1-4,7-10,13,21H,5-6,11-12,14,20H2;1H. The molecule has 0 aliphatic heterocycles. The average molecular weight is 315 g/mol. The smallest absolute Gasteiger partial charge is 0.0217 e. The maximum Gasteiger partial charge on any atom is 0.0217 e. The summed E-state index contributed by atoms with van der Waals surface area (Å²) in [6.45, 7) is 2.71. The van der Waals surface area contributed by atoms with Crippen molar-refractivity contribution < 1.29 is 0 Å². The highest BCUT2D eigenvalue weighted by molar-refractivity contribution is 6.02. The Labute approximate surface area is 138 Å². The minimum atomic E-state index is 0. The molecule has 0 aromatic heterocycles. The lowest BCUT2D eigenvalue weighted by Crippen LogP contribution is -2.16. The minimum absolute atomic E-state index is 0. The molecule has 0 saturated heterocycles. The third-order valence-corrected chi connectivity index (χ3v) is 3.99. The summed E-state index contributed by atoms with van der Waals surface area (Å²) in [5.74, 6) is 0. The number of nitrogens with one attached hydrogen (secondary N) is 1. The third kappa shape index (κ3) is 3.58. The predicted octanol–water partition coefficient (Wildman–Crippen LogP) is 4.24. The quantitative estimate of drug-likeness (QED) is 0.527. The van der Waals surface area contributed by atoms with Gasteiger partial charge in [0.2, 0.25) is 0 Å². The summed E-state index contributed by atoms with van der Waals surface area (Å²) in [5.41, 5.74) is 6.94. The molecule has 0 heterocycles. The molecule has 0 aliphatic carbocycles. The second-order valence-corrected chi connectivity index (χ2v) is 5.47. The minimum Gasteiger partial charge on any atom is -0.330 e. The average Bonchev–Trinajstić information content (AvgIpc) is 2.53. The van der Waals surface area contributed by atoms with Crippen LogP contribution in [0.25, 0.3) is 21.5 Å². The van der Waals surface area contributed by atoms with Crippen LogP contribution in [-0.2, 0) is 6.54 Å². The Kier molecular flexibility index (Phi) is 6.20. The van der Waals surface area contributed by atoms with Crippen molar-refractivity contribution in [1.82, 2.24) is 5.32 Å². The van der Waals surface area contributed by atoms with Crippen molar-refractivity contribution in [3.63, 3.8) is 0 Å². The molecule has 0 spiro atoms. The van der Waals surface area contributed by atoms with Crippen molar-refractivity contribution in [3.8, 4) is 0 Å². The zero-order valence-corrected chi connectivity index (χ0v) is 13.5. The van der Waals surface area contributed by atoms with Gasteiger partial charge < -0.3 is 11.1 Å². The van der Waals surface area contributed by atoms with Gasteiger partial charge in [-0.3, -0.25) is 0 Å². The molecule has 3 aromatic carbocycles. The van der Waals surface area contributed by atoms with Gasteiger partial charge in [-0.25, -0.2) is 0 Å². The molecule has 0 bridgehead atoms. The lowest BCUT2D eigenvalue weighted by atomic mass is 9.97. The van der Waals surface area contributed by atoms with Crippen molar-refractivity contribution in [2.24, 2.45) is 5.73 Å². The SMILES string of the molecule is Cl.NCCCCNCc1c2ccccc2cc2ccccc12. The van der Waals surface area contributed by atoms with E-state index in [-0.39, 0.29) is 12.4 Å². The number of benzene rings is 3. The zero-order valence-electron chi connectivity index (χ0n) is 12.7. The van der Waals surface area contributed by atoms with Crippen molar-refractivity contribution in [3.05, 3.63) is 60.2 Å². The Bertz CT molecular complexity index is 686. The maximum atomic E-state index is 5.54. The van der Waals surface area contributed by atoms with Crippen molar-refractivity contribution in [2.75, 3.05) is 13.1 Å². The van der Waals surface area contributed by atoms with Crippen LogP contribution >= 0.6 is 12.4 Å². The largest absolute Gasteiger partial charge is 0.330 e. The molecular formula is C19H23ClN2. The summed E-state index contributed by atoms with van der Waals surface area (Å²) in [6, 6.07) is 19.6. The summed E-state index contributed by atoms with van der Waals surface area (Å²) in [5, 5.41) is 8.89. The topological polar surface area (TPSA) is 38.0 Å². The van der Waals surface area contributed by atoms with Crippen LogP contribution in [0.1, 0.15) is 18.4 Å². The Morgan fingerprint density at radius 2 is 1.41 bits per heavy atom. The van der Waals surface area contributed by atoms with E-state index in [0.29, 0.717) is 0 Å². The first-order valence-corrected chi connectivity index (χ1v) is 7.70. The van der Waals surface area contributed by atoms with E-state index in [2.05, 4.69) is 59.9 Å². The number of hydrogen-bond acceptors (Lipinski definition) is 2. The number of nitrogens with two attached hydrogens (primary N) is 1. The molecule has 0 unspecified atom stereocenters. The van der Waals surface area contributed by atoms with Gasteiger partial charge in [-0.15, -0.1) is 12.4 Å². The maximum absolute atomic E-state index is 5.54. The van der Waals surface area contributed by atoms with Crippen LogP contribution in [-0.4, -0.2) is 13.1 Å². The van der Waals surface area contributed by atoms with Gasteiger partial charge in [0.1, 0.15) is 0 Å². The Hall–Kier alpha value is -1.61. The van der Waals surface area contributed by atoms with Gasteiger partial charge in [0.15, 0.2) is 0 Å². The predicted molar refractivity (Wildman–Crippen MR) is 98.7 cm³/mol. The Balaban J connectivity index is 0.00000176. The first-order valence-electron chi connectivity index (χ1n) is 7.70. The second kappa shape index (κ2) is 8.14. The highest BCUT2D eigenvalue weighted by Crippen LogP contribution is 2.28. The Morgan fingerprint density at radius 3 is 2.00 bits per heavy atom. The van der Waals surface area contributed by atoms with E-state index >= 15 is 0 Å². The highest BCUT2D eigenvalue weighted by atomic mass is 35.5. The molecule has 0 saturated carbocycles. The molecule has 116 valence electrons. The molecular weight excluding hydrogens is 292 g/mol. The van der Waals surface area contributed by atoms with Crippen LogP contribution < -0.4 is 11.1 Å². The van der Waals surface area contributed by atoms with Crippen LogP contribution in [0.4, 0.5) is 0 Å². The fraction of sp³-hybridized carbons (Fsp3) is 0.263. The molecule has 0 amide bonds. The van der Waals surface area contributed by atoms with E-state index < -0.39 is 0 Å². The van der Waals surface area contributed by atoms with Crippen molar-refractivity contribution in [2.45, 2.75) is 19.4 Å². The molecule has 0 aliphatic rings. The molecule has 3 N–H and O–H groups in total. The summed E-state index contributed by atoms with van der Waals surface area (Å²) in [7, 11) is 0. The van der Waals surface area contributed by atoms with Crippen LogP contribution in [0.15, 0.2) is 54.6 Å². The van der Waals surface area contributed by atoms with E-state index in [1.807, 2.05) is 0 Å². The molecule has 3 aromatic rings. The fourth-order valence-electron chi connectivity index (χ4n) is 2.91. The van der Waals surface area contributed by atoms with Crippen LogP contribution in [0.2, 0.25) is 0 Å². The van der Waals surface area contributed by atoms with Gasteiger partial charge in [-0.05, 0) is 59.1 Å². The van der Waals surface area contributed by atoms with Gasteiger partial charge in [0.05, 0.1) is 0 Å². The van der Waals surface area contributed by atoms with Crippen LogP contribution in [0.5, 0.6) is 0 Å². The lowest BCUT2D eigenvalue weighted by molar-refractivity contribution is 0.630. The van der Waals surface area contributed by atoms with Crippen molar-refractivity contribution >= 4 is 34.0 Å². The summed E-state index contributed by atoms with van der Waals surface area (Å²) in [4.78, 5) is 0. The molecule has 22 heavy (non-hydrogen) atoms. The first-order chi connectivity index (χ1) is 10.4. The van der Waals surface area contributed by atoms with Gasteiger partial charge in [-0.1, -0.05) is 48.5 Å². The molecule has 3 rings (SSSR count). The number of fused-ring (bicyclic) bond motifs is 2. The van der Waals surface area contributed by atoms with Gasteiger partial charge in [0, 0.05) is 6.54 Å². The number of unbranched alkanes of at least 4 members (excludes halogenated alkanes) is 1. The normalized spacial score (nSPS) is 10.8. The number of rotatable bonds is 6. The Morgan fingerprint density at radius 1 is 0.818 bits per heavy atom. The zero-order chi connectivity index (χ0) is 14.5. The highest BCUT2D eigenvalue weighted by Gasteiger charge is 2.06. The summed E-state index contributed by atoms with van der Waals surface area (Å²) in [6.07, 6.45) is 2.22. The summed E-state index contributed by atoms with van der Waals surface area (Å²) >= 11 is 0. The molecule has 0 fully saturated rings. The monoisotopic (exact) mass is 314 g/mol. The van der Waals surface area contributed by atoms with Gasteiger partial charge in [-0.2, -0.15) is 0 Å². The number of hydrogen-bond donors (Lipinski definition) is 2. The van der Waals surface area contributed by atoms with E-state index in [9.17, 15) is 0 Å². The van der Waals surface area contributed by atoms with Gasteiger partial charge in [0.25, 0.3) is 0 Å². The first kappa shape index (κ1) is 16.8. The van der Waals surface area contributed by atoms with E-state index in [1.165, 1.54) is 27.1 Å². The second-order valence-electron chi connectivity index (χ2n) is 5.47. The van der Waals surface area contributed by atoms with E-state index in [0.717, 1.165) is 32.5 Å².